The minimum absolute atomic E-state index is 0.0919. The van der Waals surface area contributed by atoms with Crippen molar-refractivity contribution in [3.05, 3.63) is 58.5 Å². The summed E-state index contributed by atoms with van der Waals surface area (Å²) in [6, 6.07) is 13.6. The van der Waals surface area contributed by atoms with Gasteiger partial charge in [-0.3, -0.25) is 4.79 Å². The molecule has 0 bridgehead atoms. The molecule has 1 aliphatic carbocycles. The first-order chi connectivity index (χ1) is 12.7. The third-order valence-electron chi connectivity index (χ3n) is 5.36. The van der Waals surface area contributed by atoms with E-state index >= 15 is 0 Å². The van der Waals surface area contributed by atoms with E-state index in [0.717, 1.165) is 41.5 Å². The highest BCUT2D eigenvalue weighted by Crippen LogP contribution is 2.43. The van der Waals surface area contributed by atoms with E-state index in [4.69, 9.17) is 4.42 Å². The summed E-state index contributed by atoms with van der Waals surface area (Å²) in [5.74, 6) is 0.642. The van der Waals surface area contributed by atoms with Crippen LogP contribution >= 0.6 is 11.3 Å². The minimum Gasteiger partial charge on any atom is -0.458 e. The topological polar surface area (TPSA) is 62.5 Å². The van der Waals surface area contributed by atoms with E-state index in [9.17, 15) is 9.90 Å². The number of aliphatic hydroxyl groups excluding tert-OH is 1. The second-order valence-corrected chi connectivity index (χ2v) is 7.96. The van der Waals surface area contributed by atoms with Crippen LogP contribution in [0.3, 0.4) is 0 Å². The molecule has 1 saturated carbocycles. The first-order valence-corrected chi connectivity index (χ1v) is 10.1. The molecule has 2 aromatic heterocycles. The van der Waals surface area contributed by atoms with Crippen LogP contribution in [0.5, 0.6) is 0 Å². The van der Waals surface area contributed by atoms with Crippen molar-refractivity contribution in [2.45, 2.75) is 43.6 Å². The summed E-state index contributed by atoms with van der Waals surface area (Å²) in [7, 11) is 0. The summed E-state index contributed by atoms with van der Waals surface area (Å²) < 4.78 is 5.70. The van der Waals surface area contributed by atoms with E-state index in [2.05, 4.69) is 11.4 Å². The summed E-state index contributed by atoms with van der Waals surface area (Å²) in [5, 5.41) is 16.5. The van der Waals surface area contributed by atoms with Crippen LogP contribution in [0, 0.1) is 0 Å². The van der Waals surface area contributed by atoms with Crippen LogP contribution in [-0.2, 0) is 10.2 Å². The van der Waals surface area contributed by atoms with Gasteiger partial charge in [-0.2, -0.15) is 0 Å². The van der Waals surface area contributed by atoms with Crippen molar-refractivity contribution in [3.8, 4) is 0 Å². The molecule has 3 aromatic rings. The number of benzene rings is 1. The van der Waals surface area contributed by atoms with Crippen LogP contribution in [0.4, 0.5) is 0 Å². The molecule has 136 valence electrons. The molecule has 1 aliphatic rings. The Morgan fingerprint density at radius 2 is 2.04 bits per heavy atom. The summed E-state index contributed by atoms with van der Waals surface area (Å²) in [6.07, 6.45) is 3.71. The van der Waals surface area contributed by atoms with Gasteiger partial charge in [0.05, 0.1) is 5.41 Å². The molecular formula is C21H23NO3S. The quantitative estimate of drug-likeness (QED) is 0.670. The Morgan fingerprint density at radius 1 is 1.23 bits per heavy atom. The van der Waals surface area contributed by atoms with Crippen molar-refractivity contribution < 1.29 is 14.3 Å². The lowest BCUT2D eigenvalue weighted by Gasteiger charge is -2.26. The lowest BCUT2D eigenvalue weighted by atomic mass is 9.83. The van der Waals surface area contributed by atoms with Gasteiger partial charge in [0.2, 0.25) is 5.91 Å². The highest BCUT2D eigenvalue weighted by atomic mass is 32.1. The highest BCUT2D eigenvalue weighted by Gasteiger charge is 2.43. The number of furan rings is 1. The lowest BCUT2D eigenvalue weighted by Crippen LogP contribution is -2.42. The second kappa shape index (κ2) is 7.25. The highest BCUT2D eigenvalue weighted by molar-refractivity contribution is 7.10. The number of nitrogens with one attached hydrogen (secondary N) is 1. The number of hydrogen-bond acceptors (Lipinski definition) is 4. The molecule has 4 rings (SSSR count). The van der Waals surface area contributed by atoms with Crippen molar-refractivity contribution in [1.29, 1.82) is 0 Å². The summed E-state index contributed by atoms with van der Waals surface area (Å²) in [5.41, 5.74) is 0.395. The number of para-hydroxylation sites is 1. The van der Waals surface area contributed by atoms with Gasteiger partial charge in [0.25, 0.3) is 0 Å². The van der Waals surface area contributed by atoms with E-state index in [-0.39, 0.29) is 11.3 Å². The van der Waals surface area contributed by atoms with Crippen molar-refractivity contribution in [2.75, 3.05) is 6.54 Å². The van der Waals surface area contributed by atoms with Gasteiger partial charge in [-0.1, -0.05) is 37.1 Å². The van der Waals surface area contributed by atoms with Crippen LogP contribution in [0.2, 0.25) is 0 Å². The number of amides is 1. The Hall–Kier alpha value is -2.11. The standard InChI is InChI=1S/C21H23NO3S/c23-16(18-14-15-6-1-2-7-17(15)25-18)9-12-22-20(24)21(10-3-4-11-21)19-8-5-13-26-19/h1-2,5-8,13-14,16,23H,3-4,9-12H2,(H,22,24)/t16-/m1/s1. The van der Waals surface area contributed by atoms with Gasteiger partial charge in [-0.15, -0.1) is 11.3 Å². The summed E-state index contributed by atoms with van der Waals surface area (Å²) in [6.45, 7) is 0.435. The minimum atomic E-state index is -0.719. The fourth-order valence-electron chi connectivity index (χ4n) is 3.92. The SMILES string of the molecule is O=C(NCC[C@@H](O)c1cc2ccccc2o1)C1(c2cccs2)CCCC1. The molecule has 1 aromatic carbocycles. The molecule has 5 heteroatoms. The lowest BCUT2D eigenvalue weighted by molar-refractivity contribution is -0.126. The second-order valence-electron chi connectivity index (χ2n) is 7.01. The molecule has 0 unspecified atom stereocenters. The Morgan fingerprint density at radius 3 is 2.77 bits per heavy atom. The summed E-state index contributed by atoms with van der Waals surface area (Å²) >= 11 is 1.66. The van der Waals surface area contributed by atoms with Crippen molar-refractivity contribution in [1.82, 2.24) is 5.32 Å². The molecule has 2 heterocycles. The molecule has 26 heavy (non-hydrogen) atoms. The van der Waals surface area contributed by atoms with E-state index in [1.165, 1.54) is 0 Å². The van der Waals surface area contributed by atoms with Crippen LogP contribution in [-0.4, -0.2) is 17.6 Å². The molecule has 0 aliphatic heterocycles. The molecule has 1 fully saturated rings. The first-order valence-electron chi connectivity index (χ1n) is 9.18. The predicted molar refractivity (Wildman–Crippen MR) is 103 cm³/mol. The average molecular weight is 369 g/mol. The maximum Gasteiger partial charge on any atom is 0.231 e. The summed E-state index contributed by atoms with van der Waals surface area (Å²) in [4.78, 5) is 14.1. The Labute approximate surface area is 156 Å². The number of aliphatic hydroxyl groups is 1. The number of fused-ring (bicyclic) bond motifs is 1. The third-order valence-corrected chi connectivity index (χ3v) is 6.43. The third kappa shape index (κ3) is 3.17. The van der Waals surface area contributed by atoms with Crippen LogP contribution in [0.25, 0.3) is 11.0 Å². The molecule has 4 nitrogen and oxygen atoms in total. The van der Waals surface area contributed by atoms with Gasteiger partial charge < -0.3 is 14.8 Å². The zero-order valence-electron chi connectivity index (χ0n) is 14.6. The number of thiophene rings is 1. The predicted octanol–water partition coefficient (Wildman–Crippen LogP) is 4.55. The Kier molecular flexibility index (Phi) is 4.83. The zero-order valence-corrected chi connectivity index (χ0v) is 15.4. The van der Waals surface area contributed by atoms with Crippen LogP contribution < -0.4 is 5.32 Å². The van der Waals surface area contributed by atoms with Gasteiger partial charge in [-0.25, -0.2) is 0 Å². The molecular weight excluding hydrogens is 346 g/mol. The molecule has 2 N–H and O–H groups in total. The molecule has 1 atom stereocenters. The smallest absolute Gasteiger partial charge is 0.231 e. The average Bonchev–Trinajstić information content (AvgIpc) is 3.41. The number of rotatable bonds is 6. The number of hydrogen-bond donors (Lipinski definition) is 2. The molecule has 0 radical (unpaired) electrons. The van der Waals surface area contributed by atoms with E-state index < -0.39 is 6.10 Å². The van der Waals surface area contributed by atoms with E-state index in [1.54, 1.807) is 11.3 Å². The van der Waals surface area contributed by atoms with Crippen molar-refractivity contribution >= 4 is 28.2 Å². The van der Waals surface area contributed by atoms with E-state index in [0.29, 0.717) is 18.7 Å². The number of carbonyl (C=O) groups excluding carboxylic acids is 1. The van der Waals surface area contributed by atoms with Crippen LogP contribution in [0.15, 0.2) is 52.3 Å². The largest absolute Gasteiger partial charge is 0.458 e. The number of carbonyl (C=O) groups is 1. The van der Waals surface area contributed by atoms with Crippen molar-refractivity contribution in [3.63, 3.8) is 0 Å². The van der Waals surface area contributed by atoms with Gasteiger partial charge in [0.15, 0.2) is 0 Å². The maximum absolute atomic E-state index is 12.9. The van der Waals surface area contributed by atoms with Gasteiger partial charge in [0.1, 0.15) is 17.4 Å². The van der Waals surface area contributed by atoms with Gasteiger partial charge in [-0.05, 0) is 42.8 Å². The van der Waals surface area contributed by atoms with Gasteiger partial charge in [0, 0.05) is 16.8 Å². The Balaban J connectivity index is 1.38. The molecule has 0 saturated heterocycles. The van der Waals surface area contributed by atoms with Crippen molar-refractivity contribution in [2.24, 2.45) is 0 Å². The first kappa shape index (κ1) is 17.3. The monoisotopic (exact) mass is 369 g/mol. The fourth-order valence-corrected chi connectivity index (χ4v) is 4.90. The van der Waals surface area contributed by atoms with Crippen LogP contribution in [0.1, 0.15) is 48.8 Å². The molecule has 1 amide bonds. The van der Waals surface area contributed by atoms with Gasteiger partial charge >= 0.3 is 0 Å². The zero-order chi connectivity index (χ0) is 18.0. The fraction of sp³-hybridized carbons (Fsp3) is 0.381. The normalized spacial score (nSPS) is 17.4. The molecule has 0 spiro atoms. The Bertz CT molecular complexity index is 845. The van der Waals surface area contributed by atoms with E-state index in [1.807, 2.05) is 41.8 Å². The maximum atomic E-state index is 12.9.